The van der Waals surface area contributed by atoms with E-state index in [1.54, 1.807) is 62.4 Å². The van der Waals surface area contributed by atoms with Crippen LogP contribution in [0.4, 0.5) is 114 Å². The van der Waals surface area contributed by atoms with Crippen molar-refractivity contribution in [2.45, 2.75) is 149 Å². The number of carbonyl (C=O) groups is 9. The third-order valence-corrected chi connectivity index (χ3v) is 23.8. The van der Waals surface area contributed by atoms with Crippen LogP contribution in [-0.4, -0.2) is 102 Å². The number of fused-ring (bicyclic) bond motifs is 7. The van der Waals surface area contributed by atoms with Crippen molar-refractivity contribution in [3.8, 4) is 0 Å². The molecule has 7 aliphatic heterocycles. The van der Waals surface area contributed by atoms with Crippen molar-refractivity contribution < 1.29 is 80.6 Å². The van der Waals surface area contributed by atoms with Gasteiger partial charge in [0.1, 0.15) is 16.7 Å². The number of nitro groups is 3. The largest absolute Gasteiger partial charge is 0.450 e. The fraction of sp³-hybridized carbons (Fsp3) is 0.272. The molecule has 0 atom stereocenters. The van der Waals surface area contributed by atoms with Gasteiger partial charge in [-0.15, -0.1) is 0 Å². The molecule has 0 radical (unpaired) electrons. The maximum absolute atomic E-state index is 13.3. The number of nitro benzene ring substituents is 3. The number of alkyl carbamates (subject to hydrolysis) is 2. The average molecular weight is 2180 g/mol. The maximum atomic E-state index is 13.3. The summed E-state index contributed by atoms with van der Waals surface area (Å²) < 4.78 is 50.7. The number of ether oxygens (including phenoxy) is 2. The minimum absolute atomic E-state index is 0.000697. The Hall–Kier alpha value is -13.3. The van der Waals surface area contributed by atoms with Gasteiger partial charge < -0.3 is 78.6 Å². The first kappa shape index (κ1) is 107. The highest BCUT2D eigenvalue weighted by Gasteiger charge is 2.27. The van der Waals surface area contributed by atoms with Crippen LogP contribution in [0.25, 0.3) is 0 Å². The van der Waals surface area contributed by atoms with Crippen LogP contribution in [0.5, 0.6) is 0 Å². The second-order valence-electron chi connectivity index (χ2n) is 31.0. The fourth-order valence-corrected chi connectivity index (χ4v) is 16.9. The summed E-state index contributed by atoms with van der Waals surface area (Å²) in [4.78, 5) is 133. The Balaban J connectivity index is 0.000000167. The number of benzene rings is 9. The Morgan fingerprint density at radius 2 is 0.609 bits per heavy atom. The number of rotatable bonds is 11. The zero-order valence-electron chi connectivity index (χ0n) is 73.7. The standard InChI is InChI=1S/C17H15BrFN3OS.C17H16FN3OS.C14H16BrN3O3S.C14H17N3O3S.C10H9BrN2O3.C10H9ClN2O3.C10H9FN2O3/c18-13-8-10-2-1-3-16(23)21-14(10)9-15(13)22-17(24)20-12-6-4-11(19)5-7-12;18-12-5-8-13(9-6-12)19-17(23)20-14-7-4-11-2-1-3-16(22)21-15(11)10-14;1-2-21-14(20)18-13(22)17-11-7-10-8(6-9(11)15)4-3-5-12(19)16-10;1-2-20-14(19)17-13(21)15-10-7-6-9-4-3-5-12(18)16-11(9)8-10;3*11-7-4-6-2-1-3-10(14)12-8(6)5-9(7)13(15)16/h4-9H,1-3H2,(H,21,23)(H2,20,22,24);4-10H,1-3H2,(H,21,22)(H2,19,20,23);6-7H,2-5H2,1H3,(H,16,19)(H2,17,18,20,22);6-8H,2-5H2,1H3,(H,16,18)(H2,15,17,19,21);3*4-5H,1-3H2,(H,12,14). The molecule has 35 nitrogen and oxygen atoms in total. The van der Waals surface area contributed by atoms with Gasteiger partial charge in [-0.1, -0.05) is 23.7 Å². The van der Waals surface area contributed by atoms with Gasteiger partial charge in [-0.2, -0.15) is 4.39 Å². The molecule has 9 amide bonds. The molecule has 724 valence electrons. The van der Waals surface area contributed by atoms with E-state index < -0.39 is 38.5 Å². The van der Waals surface area contributed by atoms with E-state index in [4.69, 9.17) is 69.9 Å². The molecular formula is C92H91Br3ClF3N18O17S4. The highest BCUT2D eigenvalue weighted by Crippen LogP contribution is 2.39. The Kier molecular flexibility index (Phi) is 40.4. The van der Waals surface area contributed by atoms with Crippen molar-refractivity contribution in [2.24, 2.45) is 0 Å². The van der Waals surface area contributed by atoms with E-state index >= 15 is 0 Å². The predicted octanol–water partition coefficient (Wildman–Crippen LogP) is 21.3. The predicted molar refractivity (Wildman–Crippen MR) is 549 cm³/mol. The molecule has 0 fully saturated rings. The molecule has 46 heteroatoms. The molecule has 0 aliphatic carbocycles. The second kappa shape index (κ2) is 52.3. The van der Waals surface area contributed by atoms with Crippen molar-refractivity contribution in [1.82, 2.24) is 10.6 Å². The third kappa shape index (κ3) is 33.6. The number of nitrogens with one attached hydrogen (secondary N) is 15. The molecule has 0 bridgehead atoms. The molecular weight excluding hydrogens is 2090 g/mol. The number of aryl methyl sites for hydroxylation is 7. The Bertz CT molecular complexity index is 6010. The van der Waals surface area contributed by atoms with Crippen molar-refractivity contribution in [2.75, 3.05) is 82.3 Å². The Morgan fingerprint density at radius 1 is 0.341 bits per heavy atom. The summed E-state index contributed by atoms with van der Waals surface area (Å²) in [6, 6.07) is 39.0. The molecule has 16 rings (SSSR count). The molecule has 15 N–H and O–H groups in total. The van der Waals surface area contributed by atoms with Gasteiger partial charge in [-0.3, -0.25) is 74.5 Å². The molecule has 0 spiro atoms. The summed E-state index contributed by atoms with van der Waals surface area (Å²) in [5.41, 5.74) is 14.8. The SMILES string of the molecule is CCOC(=O)NC(=S)Nc1cc2c(cc1Br)CCCC(=O)N2.CCOC(=O)NC(=S)Nc1ccc2c(c1)NC(=O)CCC2.O=C1CCCc2cc(Br)c(NC(=S)Nc3ccc(F)cc3)cc2N1.O=C1CCCc2cc(Br)c([N+](=O)[O-])cc2N1.O=C1CCCc2cc(Cl)c([N+](=O)[O-])cc2N1.O=C1CCCc2cc(F)c([N+](=O)[O-])cc2N1.O=C1CCCc2ccc(NC(=S)Nc3ccc(F)cc3)cc2N1. The number of carbonyl (C=O) groups excluding carboxylic acids is 9. The number of hydrogen-bond donors (Lipinski definition) is 15. The normalized spacial score (nSPS) is 14.0. The highest BCUT2D eigenvalue weighted by atomic mass is 79.9. The van der Waals surface area contributed by atoms with E-state index in [1.807, 2.05) is 48.5 Å². The number of nitrogens with zero attached hydrogens (tertiary/aromatic N) is 3. The summed E-state index contributed by atoms with van der Waals surface area (Å²) in [5, 5.41) is 75.3. The number of anilines is 13. The summed E-state index contributed by atoms with van der Waals surface area (Å²) in [6.45, 7) is 3.97. The van der Waals surface area contributed by atoms with Crippen molar-refractivity contribution >= 4 is 273 Å². The van der Waals surface area contributed by atoms with Gasteiger partial charge in [0.2, 0.25) is 47.2 Å². The molecule has 7 heterocycles. The number of halogens is 7. The smallest absolute Gasteiger partial charge is 0.413 e. The lowest BCUT2D eigenvalue weighted by Crippen LogP contribution is -2.34. The van der Waals surface area contributed by atoms with Crippen LogP contribution >= 0.6 is 108 Å². The van der Waals surface area contributed by atoms with Gasteiger partial charge in [0.25, 0.3) is 11.4 Å². The topological polar surface area (TPSA) is 482 Å². The molecule has 9 aromatic carbocycles. The minimum atomic E-state index is -0.861. The monoisotopic (exact) mass is 2180 g/mol. The first-order chi connectivity index (χ1) is 65.9. The van der Waals surface area contributed by atoms with Crippen LogP contribution in [-0.2, 0) is 88.0 Å². The minimum Gasteiger partial charge on any atom is -0.450 e. The van der Waals surface area contributed by atoms with Crippen LogP contribution in [0.3, 0.4) is 0 Å². The molecule has 138 heavy (non-hydrogen) atoms. The summed E-state index contributed by atoms with van der Waals surface area (Å²) in [7, 11) is 0. The van der Waals surface area contributed by atoms with Gasteiger partial charge in [0.05, 0.1) is 60.9 Å². The number of amides is 9. The van der Waals surface area contributed by atoms with E-state index in [-0.39, 0.29) is 92.8 Å². The first-order valence-corrected chi connectivity index (χ1v) is 47.4. The molecule has 0 unspecified atom stereocenters. The fourth-order valence-electron chi connectivity index (χ4n) is 14.3. The van der Waals surface area contributed by atoms with E-state index in [0.29, 0.717) is 124 Å². The van der Waals surface area contributed by atoms with Crippen molar-refractivity contribution in [3.05, 3.63) is 251 Å². The zero-order valence-corrected chi connectivity index (χ0v) is 82.5. The quantitative estimate of drug-likeness (QED) is 0.0325. The van der Waals surface area contributed by atoms with Gasteiger partial charge >= 0.3 is 17.9 Å². The van der Waals surface area contributed by atoms with Crippen LogP contribution < -0.4 is 79.8 Å². The van der Waals surface area contributed by atoms with E-state index in [0.717, 1.165) is 159 Å². The summed E-state index contributed by atoms with van der Waals surface area (Å²) >= 11 is 36.6. The Labute approximate surface area is 839 Å². The van der Waals surface area contributed by atoms with Crippen LogP contribution in [0, 0.1) is 47.8 Å². The van der Waals surface area contributed by atoms with Gasteiger partial charge in [-0.05, 0) is 355 Å². The molecule has 0 saturated heterocycles. The third-order valence-electron chi connectivity index (χ3n) is 20.8. The lowest BCUT2D eigenvalue weighted by molar-refractivity contribution is -0.387. The lowest BCUT2D eigenvalue weighted by Gasteiger charge is -2.15. The zero-order chi connectivity index (χ0) is 99.8. The molecule has 9 aromatic rings. The molecule has 0 aromatic heterocycles. The number of hydrogen-bond acceptors (Lipinski definition) is 21. The maximum Gasteiger partial charge on any atom is 0.413 e. The Morgan fingerprint density at radius 3 is 0.964 bits per heavy atom. The average Bonchev–Trinajstić information content (AvgIpc) is 1.62. The van der Waals surface area contributed by atoms with E-state index in [1.165, 1.54) is 36.4 Å². The highest BCUT2D eigenvalue weighted by molar-refractivity contribution is 9.11. The van der Waals surface area contributed by atoms with Crippen LogP contribution in [0.15, 0.2) is 159 Å². The van der Waals surface area contributed by atoms with Crippen LogP contribution in [0.1, 0.15) is 143 Å². The van der Waals surface area contributed by atoms with Gasteiger partial charge in [0.15, 0.2) is 20.4 Å². The van der Waals surface area contributed by atoms with E-state index in [9.17, 15) is 86.7 Å². The lowest BCUT2D eigenvalue weighted by atomic mass is 10.1. The first-order valence-electron chi connectivity index (χ1n) is 43.0. The van der Waals surface area contributed by atoms with Gasteiger partial charge in [0, 0.05) is 118 Å². The molecule has 0 saturated carbocycles. The van der Waals surface area contributed by atoms with E-state index in [2.05, 4.69) is 128 Å². The van der Waals surface area contributed by atoms with Crippen LogP contribution in [0.2, 0.25) is 5.02 Å². The second-order valence-corrected chi connectivity index (χ2v) is 35.6. The number of thiocarbonyl (C=S) groups is 4. The summed E-state index contributed by atoms with van der Waals surface area (Å²) in [5.74, 6) is -1.79. The van der Waals surface area contributed by atoms with Gasteiger partial charge in [-0.25, -0.2) is 18.4 Å². The van der Waals surface area contributed by atoms with Crippen molar-refractivity contribution in [1.29, 1.82) is 0 Å². The van der Waals surface area contributed by atoms with Crippen molar-refractivity contribution in [3.63, 3.8) is 0 Å². The molecule has 7 aliphatic rings. The summed E-state index contributed by atoms with van der Waals surface area (Å²) in [6.07, 6.45) is 13.0.